The van der Waals surface area contributed by atoms with Crippen LogP contribution in [0.25, 0.3) is 0 Å². The molecule has 2 aromatic rings. The van der Waals surface area contributed by atoms with Crippen molar-refractivity contribution < 1.29 is 9.18 Å². The highest BCUT2D eigenvalue weighted by molar-refractivity contribution is 5.97. The van der Waals surface area contributed by atoms with Gasteiger partial charge in [-0.15, -0.1) is 0 Å². The number of nitrogens with zero attached hydrogens (tertiary/aromatic N) is 2. The van der Waals surface area contributed by atoms with Crippen molar-refractivity contribution >= 4 is 11.6 Å². The van der Waals surface area contributed by atoms with Crippen LogP contribution in [0, 0.1) is 19.7 Å². The Balaban J connectivity index is 2.13. The number of benzene rings is 1. The molecule has 1 amide bonds. The normalized spacial score (nSPS) is 10.7. The molecular formula is C15H19FN4O. The number of aromatic nitrogens is 2. The zero-order chi connectivity index (χ0) is 15.6. The predicted octanol–water partition coefficient (Wildman–Crippen LogP) is 2.17. The quantitative estimate of drug-likeness (QED) is 0.906. The van der Waals surface area contributed by atoms with Gasteiger partial charge in [0.15, 0.2) is 0 Å². The van der Waals surface area contributed by atoms with Crippen molar-refractivity contribution in [2.45, 2.75) is 33.9 Å². The summed E-state index contributed by atoms with van der Waals surface area (Å²) in [5.41, 5.74) is 8.45. The summed E-state index contributed by atoms with van der Waals surface area (Å²) in [5, 5.41) is 6.82. The molecule has 2 rings (SSSR count). The average Bonchev–Trinajstić information content (AvgIpc) is 2.83. The van der Waals surface area contributed by atoms with E-state index in [1.165, 1.54) is 6.20 Å². The molecule has 0 aliphatic rings. The third-order valence-corrected chi connectivity index (χ3v) is 3.33. The molecule has 0 aliphatic carbocycles. The fraction of sp³-hybridized carbons (Fsp3) is 0.333. The van der Waals surface area contributed by atoms with Crippen LogP contribution in [0.2, 0.25) is 0 Å². The Bertz CT molecular complexity index is 655. The van der Waals surface area contributed by atoms with Crippen molar-refractivity contribution in [3.8, 4) is 0 Å². The SMILES string of the molecule is CCn1ncc(N)c1C(=O)NCc1cc(C)c(F)c(C)c1. The van der Waals surface area contributed by atoms with Crippen molar-refractivity contribution in [3.63, 3.8) is 0 Å². The van der Waals surface area contributed by atoms with E-state index in [0.29, 0.717) is 35.6 Å². The molecule has 3 N–H and O–H groups in total. The second-order valence-corrected chi connectivity index (χ2v) is 4.99. The van der Waals surface area contributed by atoms with Crippen LogP contribution in [-0.2, 0) is 13.1 Å². The number of hydrogen-bond acceptors (Lipinski definition) is 3. The zero-order valence-electron chi connectivity index (χ0n) is 12.4. The number of nitrogen functional groups attached to an aromatic ring is 1. The molecule has 6 heteroatoms. The summed E-state index contributed by atoms with van der Waals surface area (Å²) < 4.78 is 15.1. The maximum atomic E-state index is 13.6. The molecule has 5 nitrogen and oxygen atoms in total. The lowest BCUT2D eigenvalue weighted by atomic mass is 10.1. The molecule has 0 bridgehead atoms. The molecule has 0 fully saturated rings. The smallest absolute Gasteiger partial charge is 0.271 e. The first-order chi connectivity index (χ1) is 9.93. The van der Waals surface area contributed by atoms with Crippen molar-refractivity contribution in [2.24, 2.45) is 0 Å². The zero-order valence-corrected chi connectivity index (χ0v) is 12.4. The summed E-state index contributed by atoms with van der Waals surface area (Å²) in [6.07, 6.45) is 1.46. The van der Waals surface area contributed by atoms with Crippen molar-refractivity contribution in [3.05, 3.63) is 46.5 Å². The minimum absolute atomic E-state index is 0.210. The van der Waals surface area contributed by atoms with Gasteiger partial charge in [-0.3, -0.25) is 9.48 Å². The van der Waals surface area contributed by atoms with Gasteiger partial charge in [0, 0.05) is 13.1 Å². The van der Waals surface area contributed by atoms with E-state index in [-0.39, 0.29) is 11.7 Å². The lowest BCUT2D eigenvalue weighted by molar-refractivity contribution is 0.0941. The molecule has 0 aliphatic heterocycles. The molecule has 0 saturated heterocycles. The summed E-state index contributed by atoms with van der Waals surface area (Å²) in [6, 6.07) is 3.45. The van der Waals surface area contributed by atoms with Crippen LogP contribution in [0.15, 0.2) is 18.3 Å². The predicted molar refractivity (Wildman–Crippen MR) is 79.4 cm³/mol. The minimum Gasteiger partial charge on any atom is -0.396 e. The molecule has 21 heavy (non-hydrogen) atoms. The van der Waals surface area contributed by atoms with Gasteiger partial charge in [0.25, 0.3) is 5.91 Å². The average molecular weight is 290 g/mol. The first-order valence-corrected chi connectivity index (χ1v) is 6.79. The van der Waals surface area contributed by atoms with E-state index in [0.717, 1.165) is 5.56 Å². The number of anilines is 1. The van der Waals surface area contributed by atoms with Gasteiger partial charge in [-0.25, -0.2) is 4.39 Å². The van der Waals surface area contributed by atoms with E-state index in [1.807, 2.05) is 6.92 Å². The molecule has 1 heterocycles. The standard InChI is InChI=1S/C15H19FN4O/c1-4-20-14(12(17)8-19-20)15(21)18-7-11-5-9(2)13(16)10(3)6-11/h5-6,8H,4,7,17H2,1-3H3,(H,18,21). The summed E-state index contributed by atoms with van der Waals surface area (Å²) in [4.78, 5) is 12.2. The van der Waals surface area contributed by atoms with Gasteiger partial charge in [-0.05, 0) is 37.5 Å². The van der Waals surface area contributed by atoms with Gasteiger partial charge >= 0.3 is 0 Å². The Morgan fingerprint density at radius 3 is 2.57 bits per heavy atom. The van der Waals surface area contributed by atoms with Crippen molar-refractivity contribution in [1.82, 2.24) is 15.1 Å². The molecular weight excluding hydrogens is 271 g/mol. The van der Waals surface area contributed by atoms with E-state index in [4.69, 9.17) is 5.73 Å². The first kappa shape index (κ1) is 15.0. The van der Waals surface area contributed by atoms with E-state index in [2.05, 4.69) is 10.4 Å². The Hall–Kier alpha value is -2.37. The maximum absolute atomic E-state index is 13.6. The monoisotopic (exact) mass is 290 g/mol. The first-order valence-electron chi connectivity index (χ1n) is 6.79. The number of hydrogen-bond donors (Lipinski definition) is 2. The van der Waals surface area contributed by atoms with Crippen LogP contribution in [0.3, 0.4) is 0 Å². The number of nitrogens with two attached hydrogens (primary N) is 1. The van der Waals surface area contributed by atoms with Gasteiger partial charge in [0.05, 0.1) is 11.9 Å². The number of aryl methyl sites for hydroxylation is 3. The molecule has 0 unspecified atom stereocenters. The highest BCUT2D eigenvalue weighted by Crippen LogP contribution is 2.15. The lowest BCUT2D eigenvalue weighted by Crippen LogP contribution is -2.26. The number of halogens is 1. The topological polar surface area (TPSA) is 72.9 Å². The number of nitrogens with one attached hydrogen (secondary N) is 1. The number of carbonyl (C=O) groups excluding carboxylic acids is 1. The third kappa shape index (κ3) is 3.04. The van der Waals surface area contributed by atoms with E-state index in [9.17, 15) is 9.18 Å². The summed E-state index contributed by atoms with van der Waals surface area (Å²) in [7, 11) is 0. The van der Waals surface area contributed by atoms with Gasteiger partial charge < -0.3 is 11.1 Å². The van der Waals surface area contributed by atoms with Crippen LogP contribution in [0.4, 0.5) is 10.1 Å². The number of carbonyl (C=O) groups is 1. The summed E-state index contributed by atoms with van der Waals surface area (Å²) >= 11 is 0. The minimum atomic E-state index is -0.286. The summed E-state index contributed by atoms with van der Waals surface area (Å²) in [5.74, 6) is -0.495. The van der Waals surface area contributed by atoms with Gasteiger partial charge in [0.1, 0.15) is 11.5 Å². The molecule has 1 aromatic heterocycles. The van der Waals surface area contributed by atoms with Crippen molar-refractivity contribution in [2.75, 3.05) is 5.73 Å². The number of rotatable bonds is 4. The van der Waals surface area contributed by atoms with E-state index in [1.54, 1.807) is 30.7 Å². The number of amides is 1. The molecule has 1 aromatic carbocycles. The van der Waals surface area contributed by atoms with Crippen LogP contribution < -0.4 is 11.1 Å². The Kier molecular flexibility index (Phi) is 4.26. The Morgan fingerprint density at radius 1 is 1.38 bits per heavy atom. The van der Waals surface area contributed by atoms with Crippen LogP contribution >= 0.6 is 0 Å². The molecule has 0 spiro atoms. The van der Waals surface area contributed by atoms with Crippen LogP contribution in [0.1, 0.15) is 34.1 Å². The lowest BCUT2D eigenvalue weighted by Gasteiger charge is -2.10. The van der Waals surface area contributed by atoms with Crippen LogP contribution in [0.5, 0.6) is 0 Å². The van der Waals surface area contributed by atoms with Gasteiger partial charge in [0.2, 0.25) is 0 Å². The highest BCUT2D eigenvalue weighted by Gasteiger charge is 2.16. The Morgan fingerprint density at radius 2 is 2.00 bits per heavy atom. The van der Waals surface area contributed by atoms with Gasteiger partial charge in [-0.2, -0.15) is 5.10 Å². The van der Waals surface area contributed by atoms with E-state index >= 15 is 0 Å². The summed E-state index contributed by atoms with van der Waals surface area (Å²) in [6.45, 7) is 6.18. The third-order valence-electron chi connectivity index (χ3n) is 3.33. The van der Waals surface area contributed by atoms with E-state index < -0.39 is 0 Å². The molecule has 0 atom stereocenters. The largest absolute Gasteiger partial charge is 0.396 e. The second kappa shape index (κ2) is 5.95. The maximum Gasteiger partial charge on any atom is 0.271 e. The van der Waals surface area contributed by atoms with Crippen LogP contribution in [-0.4, -0.2) is 15.7 Å². The van der Waals surface area contributed by atoms with Crippen molar-refractivity contribution in [1.29, 1.82) is 0 Å². The fourth-order valence-corrected chi connectivity index (χ4v) is 2.29. The molecule has 112 valence electrons. The Labute approximate surface area is 123 Å². The molecule has 0 radical (unpaired) electrons. The fourth-order valence-electron chi connectivity index (χ4n) is 2.29. The second-order valence-electron chi connectivity index (χ2n) is 4.99. The highest BCUT2D eigenvalue weighted by atomic mass is 19.1. The van der Waals surface area contributed by atoms with Gasteiger partial charge in [-0.1, -0.05) is 12.1 Å². The molecule has 0 saturated carbocycles.